The van der Waals surface area contributed by atoms with Crippen LogP contribution in [0.2, 0.25) is 10.0 Å². The van der Waals surface area contributed by atoms with Crippen LogP contribution in [0.3, 0.4) is 0 Å². The molecule has 3 rings (SSSR count). The third-order valence-corrected chi connectivity index (χ3v) is 6.16. The van der Waals surface area contributed by atoms with Gasteiger partial charge in [-0.25, -0.2) is 13.6 Å². The zero-order chi connectivity index (χ0) is 21.3. The van der Waals surface area contributed by atoms with Gasteiger partial charge >= 0.3 is 0 Å². The number of hydrogen-bond donors (Lipinski definition) is 1. The third kappa shape index (κ3) is 4.48. The third-order valence-electron chi connectivity index (χ3n) is 4.43. The van der Waals surface area contributed by atoms with E-state index in [4.69, 9.17) is 33.1 Å². The van der Waals surface area contributed by atoms with Crippen LogP contribution in [0.15, 0.2) is 53.4 Å². The van der Waals surface area contributed by atoms with E-state index in [2.05, 4.69) is 0 Å². The number of halogens is 2. The van der Waals surface area contributed by atoms with Crippen molar-refractivity contribution in [3.8, 4) is 11.4 Å². The zero-order valence-corrected chi connectivity index (χ0v) is 18.0. The fraction of sp³-hybridized carbons (Fsp3) is 0.150. The first-order valence-electron chi connectivity index (χ1n) is 8.52. The van der Waals surface area contributed by atoms with Gasteiger partial charge in [0.25, 0.3) is 0 Å². The molecule has 3 aromatic rings. The number of ketones is 1. The molecule has 29 heavy (non-hydrogen) atoms. The molecule has 1 aromatic heterocycles. The number of sulfonamides is 1. The minimum Gasteiger partial charge on any atom is -0.484 e. The van der Waals surface area contributed by atoms with Crippen molar-refractivity contribution in [2.24, 2.45) is 5.14 Å². The highest BCUT2D eigenvalue weighted by Crippen LogP contribution is 2.31. The van der Waals surface area contributed by atoms with Gasteiger partial charge in [-0.2, -0.15) is 0 Å². The molecular weight excluding hydrogens is 435 g/mol. The number of nitrogens with two attached hydrogens (primary N) is 1. The molecule has 0 aliphatic rings. The second-order valence-corrected chi connectivity index (χ2v) is 8.77. The van der Waals surface area contributed by atoms with Gasteiger partial charge in [0.05, 0.1) is 9.92 Å². The number of aryl methyl sites for hydroxylation is 1. The standard InChI is InChI=1S/C20H18Cl2N2O4S/c1-12-10-16(18(25)11-28-19-5-3-4-17(21)20(19)22)13(2)24(12)14-6-8-15(9-7-14)29(23,26)27/h3-10H,11H2,1-2H3,(H2,23,26,27). The number of ether oxygens (including phenoxy) is 1. The number of carbonyl (C=O) groups is 1. The monoisotopic (exact) mass is 452 g/mol. The molecule has 0 aliphatic carbocycles. The van der Waals surface area contributed by atoms with Crippen LogP contribution in [0, 0.1) is 13.8 Å². The Morgan fingerprint density at radius 1 is 1.10 bits per heavy atom. The molecule has 2 aromatic carbocycles. The van der Waals surface area contributed by atoms with E-state index in [0.29, 0.717) is 27.7 Å². The fourth-order valence-electron chi connectivity index (χ4n) is 3.04. The Balaban J connectivity index is 1.85. The average Bonchev–Trinajstić information content (AvgIpc) is 2.96. The lowest BCUT2D eigenvalue weighted by Crippen LogP contribution is -2.13. The summed E-state index contributed by atoms with van der Waals surface area (Å²) in [4.78, 5) is 12.7. The van der Waals surface area contributed by atoms with Crippen LogP contribution in [0.4, 0.5) is 0 Å². The molecule has 0 bridgehead atoms. The van der Waals surface area contributed by atoms with Gasteiger partial charge in [0.15, 0.2) is 6.61 Å². The minimum absolute atomic E-state index is 0.0202. The van der Waals surface area contributed by atoms with Gasteiger partial charge in [0, 0.05) is 22.6 Å². The van der Waals surface area contributed by atoms with Crippen LogP contribution in [0.25, 0.3) is 5.69 Å². The van der Waals surface area contributed by atoms with Gasteiger partial charge in [-0.1, -0.05) is 29.3 Å². The quantitative estimate of drug-likeness (QED) is 0.563. The molecule has 0 amide bonds. The van der Waals surface area contributed by atoms with Crippen LogP contribution in [-0.2, 0) is 10.0 Å². The highest BCUT2D eigenvalue weighted by molar-refractivity contribution is 7.89. The Bertz CT molecular complexity index is 1190. The summed E-state index contributed by atoms with van der Waals surface area (Å²) >= 11 is 12.0. The van der Waals surface area contributed by atoms with Gasteiger partial charge in [-0.05, 0) is 56.3 Å². The summed E-state index contributed by atoms with van der Waals surface area (Å²) in [6, 6.07) is 12.8. The van der Waals surface area contributed by atoms with E-state index in [-0.39, 0.29) is 22.3 Å². The Kier molecular flexibility index (Phi) is 6.05. The Morgan fingerprint density at radius 3 is 2.38 bits per heavy atom. The van der Waals surface area contributed by atoms with Crippen molar-refractivity contribution in [2.75, 3.05) is 6.61 Å². The molecule has 6 nitrogen and oxygen atoms in total. The molecule has 1 heterocycles. The molecule has 0 atom stereocenters. The lowest BCUT2D eigenvalue weighted by Gasteiger charge is -2.11. The molecule has 2 N–H and O–H groups in total. The number of carbonyl (C=O) groups excluding carboxylic acids is 1. The van der Waals surface area contributed by atoms with Gasteiger partial charge in [0.1, 0.15) is 10.8 Å². The normalized spacial score (nSPS) is 11.5. The smallest absolute Gasteiger partial charge is 0.238 e. The first-order chi connectivity index (χ1) is 13.6. The molecular formula is C20H18Cl2N2O4S. The molecule has 0 saturated carbocycles. The molecule has 0 spiro atoms. The number of nitrogens with zero attached hydrogens (tertiary/aromatic N) is 1. The predicted octanol–water partition coefficient (Wildman–Crippen LogP) is 4.31. The largest absolute Gasteiger partial charge is 0.484 e. The van der Waals surface area contributed by atoms with Crippen molar-refractivity contribution in [3.05, 3.63) is 75.5 Å². The Morgan fingerprint density at radius 2 is 1.76 bits per heavy atom. The maximum absolute atomic E-state index is 12.7. The van der Waals surface area contributed by atoms with E-state index in [0.717, 1.165) is 5.69 Å². The van der Waals surface area contributed by atoms with Gasteiger partial charge in [-0.3, -0.25) is 4.79 Å². The highest BCUT2D eigenvalue weighted by atomic mass is 35.5. The lowest BCUT2D eigenvalue weighted by atomic mass is 10.1. The summed E-state index contributed by atoms with van der Waals surface area (Å²) in [6.07, 6.45) is 0. The SMILES string of the molecule is Cc1cc(C(=O)COc2cccc(Cl)c2Cl)c(C)n1-c1ccc(S(N)(=O)=O)cc1. The summed E-state index contributed by atoms with van der Waals surface area (Å²) < 4.78 is 30.3. The van der Waals surface area contributed by atoms with Crippen LogP contribution >= 0.6 is 23.2 Å². The van der Waals surface area contributed by atoms with Crippen LogP contribution in [-0.4, -0.2) is 25.4 Å². The van der Waals surface area contributed by atoms with E-state index >= 15 is 0 Å². The topological polar surface area (TPSA) is 91.4 Å². The van der Waals surface area contributed by atoms with E-state index in [1.54, 1.807) is 43.3 Å². The van der Waals surface area contributed by atoms with Crippen molar-refractivity contribution in [1.29, 1.82) is 0 Å². The maximum atomic E-state index is 12.7. The number of hydrogen-bond acceptors (Lipinski definition) is 4. The summed E-state index contributed by atoms with van der Waals surface area (Å²) in [6.45, 7) is 3.46. The Hall–Kier alpha value is -2.32. The lowest BCUT2D eigenvalue weighted by molar-refractivity contribution is 0.0921. The highest BCUT2D eigenvalue weighted by Gasteiger charge is 2.18. The van der Waals surface area contributed by atoms with Crippen molar-refractivity contribution in [1.82, 2.24) is 4.57 Å². The van der Waals surface area contributed by atoms with Crippen molar-refractivity contribution < 1.29 is 17.9 Å². The summed E-state index contributed by atoms with van der Waals surface area (Å²) in [7, 11) is -3.77. The number of benzene rings is 2. The second kappa shape index (κ2) is 8.20. The number of primary sulfonamides is 1. The molecule has 9 heteroatoms. The number of Topliss-reactive ketones (excluding diaryl/α,β-unsaturated/α-hetero) is 1. The molecule has 0 radical (unpaired) electrons. The number of aromatic nitrogens is 1. The van der Waals surface area contributed by atoms with E-state index < -0.39 is 10.0 Å². The minimum atomic E-state index is -3.77. The van der Waals surface area contributed by atoms with E-state index in [9.17, 15) is 13.2 Å². The van der Waals surface area contributed by atoms with Crippen LogP contribution in [0.5, 0.6) is 5.75 Å². The van der Waals surface area contributed by atoms with Crippen molar-refractivity contribution >= 4 is 39.0 Å². The molecule has 0 fully saturated rings. The summed E-state index contributed by atoms with van der Waals surface area (Å²) in [5.41, 5.74) is 2.73. The maximum Gasteiger partial charge on any atom is 0.238 e. The molecule has 0 aliphatic heterocycles. The summed E-state index contributed by atoms with van der Waals surface area (Å²) in [5.74, 6) is 0.112. The van der Waals surface area contributed by atoms with Gasteiger partial charge in [-0.15, -0.1) is 0 Å². The molecule has 0 unspecified atom stereocenters. The second-order valence-electron chi connectivity index (χ2n) is 6.42. The van der Waals surface area contributed by atoms with Crippen LogP contribution in [0.1, 0.15) is 21.7 Å². The predicted molar refractivity (Wildman–Crippen MR) is 113 cm³/mol. The van der Waals surface area contributed by atoms with Crippen molar-refractivity contribution in [2.45, 2.75) is 18.7 Å². The fourth-order valence-corrected chi connectivity index (χ4v) is 3.91. The first-order valence-corrected chi connectivity index (χ1v) is 10.8. The van der Waals surface area contributed by atoms with E-state index in [1.807, 2.05) is 11.5 Å². The molecule has 0 saturated heterocycles. The number of rotatable bonds is 6. The average molecular weight is 453 g/mol. The van der Waals surface area contributed by atoms with Crippen LogP contribution < -0.4 is 9.88 Å². The summed E-state index contributed by atoms with van der Waals surface area (Å²) in [5, 5.41) is 5.74. The van der Waals surface area contributed by atoms with Gasteiger partial charge in [0.2, 0.25) is 15.8 Å². The van der Waals surface area contributed by atoms with Crippen molar-refractivity contribution in [3.63, 3.8) is 0 Å². The Labute approximate surface area is 178 Å². The van der Waals surface area contributed by atoms with E-state index in [1.165, 1.54) is 12.1 Å². The first kappa shape index (κ1) is 21.4. The zero-order valence-electron chi connectivity index (χ0n) is 15.6. The molecule has 152 valence electrons. The van der Waals surface area contributed by atoms with Gasteiger partial charge < -0.3 is 9.30 Å².